The molecule has 0 aliphatic carbocycles. The van der Waals surface area contributed by atoms with Crippen molar-refractivity contribution in [3.05, 3.63) is 146 Å². The average Bonchev–Trinajstić information content (AvgIpc) is 4.03. The molecule has 0 aliphatic heterocycles. The van der Waals surface area contributed by atoms with E-state index in [1.165, 1.54) is 12.2 Å². The molecule has 4 heterocycles. The zero-order chi connectivity index (χ0) is 54.9. The lowest BCUT2D eigenvalue weighted by Crippen LogP contribution is -2.31. The topological polar surface area (TPSA) is 238 Å². The van der Waals surface area contributed by atoms with Gasteiger partial charge in [-0.1, -0.05) is 49.6 Å². The molecule has 4 aromatic heterocycles. The van der Waals surface area contributed by atoms with Crippen molar-refractivity contribution >= 4 is 85.5 Å². The van der Waals surface area contributed by atoms with Crippen molar-refractivity contribution in [3.8, 4) is 23.1 Å². The van der Waals surface area contributed by atoms with Crippen molar-refractivity contribution in [1.82, 2.24) is 38.9 Å². The van der Waals surface area contributed by atoms with Crippen molar-refractivity contribution in [3.63, 3.8) is 0 Å². The number of amides is 3. The fourth-order valence-corrected chi connectivity index (χ4v) is 8.80. The van der Waals surface area contributed by atoms with Gasteiger partial charge in [0, 0.05) is 99.9 Å². The van der Waals surface area contributed by atoms with Gasteiger partial charge in [-0.25, -0.2) is 9.97 Å². The highest BCUT2D eigenvalue weighted by atomic mass is 16.5. The second-order valence-corrected chi connectivity index (χ2v) is 18.4. The second-order valence-electron chi connectivity index (χ2n) is 18.4. The largest absolute Gasteiger partial charge is 0.494 e. The van der Waals surface area contributed by atoms with Crippen LogP contribution in [0.2, 0.25) is 0 Å². The van der Waals surface area contributed by atoms with Crippen LogP contribution in [0, 0.1) is 0 Å². The van der Waals surface area contributed by atoms with E-state index in [1.54, 1.807) is 49.4 Å². The summed E-state index contributed by atoms with van der Waals surface area (Å²) < 4.78 is 15.5. The molecule has 8 rings (SSSR count). The molecule has 0 atom stereocenters. The van der Waals surface area contributed by atoms with Crippen LogP contribution in [-0.4, -0.2) is 137 Å². The molecule has 0 saturated heterocycles. The number of anilines is 8. The highest BCUT2D eigenvalue weighted by Crippen LogP contribution is 2.40. The number of hydrogen-bond acceptors (Lipinski definition) is 16. The quantitative estimate of drug-likeness (QED) is 0.0332. The number of ether oxygens (including phenoxy) is 2. The molecular weight excluding hydrogens is 979 g/mol. The lowest BCUT2D eigenvalue weighted by Gasteiger charge is -2.27. The van der Waals surface area contributed by atoms with Crippen molar-refractivity contribution < 1.29 is 29.0 Å². The molecule has 0 unspecified atom stereocenters. The number of aliphatic hydroxyl groups is 1. The van der Waals surface area contributed by atoms with Crippen LogP contribution in [0.5, 0.6) is 11.5 Å². The van der Waals surface area contributed by atoms with E-state index < -0.39 is 11.8 Å². The fourth-order valence-electron chi connectivity index (χ4n) is 8.80. The number of para-hydroxylation sites is 2. The molecule has 7 N–H and O–H groups in total. The number of nitrogens with two attached hydrogens (primary N) is 1. The number of aliphatic hydroxyl groups excluding tert-OH is 1. The molecule has 77 heavy (non-hydrogen) atoms. The van der Waals surface area contributed by atoms with Crippen LogP contribution < -0.4 is 46.3 Å². The standard InChI is InChI=1S/C56H63N15O6/c1-10-52(73)60-40-27-42(62-55-58-21-20-50(64-55)70-31-35(34-72)37-16-12-14-18-44(37)70)48(76-8)30-47(40)69(7)25-23-67(5)32-36-26-51(71-33-39(54(57)75)38-17-13-15-19-45(38)71)65-56(59-36)63-43-28-41(61-53(74)11-2)46(29-49(43)77-9)68(6)24-22-66(3)4/h10-21,26-31,33,72H,1-2,22-25,32,34H2,3-9H3,(H2,57,75)(H,60,73)(H,61,74)(H,58,62,64)(H,59,63,65). The van der Waals surface area contributed by atoms with E-state index in [0.29, 0.717) is 99.9 Å². The van der Waals surface area contributed by atoms with E-state index >= 15 is 0 Å². The minimum Gasteiger partial charge on any atom is -0.494 e. The van der Waals surface area contributed by atoms with E-state index in [1.807, 2.05) is 123 Å². The Kier molecular flexibility index (Phi) is 16.8. The van der Waals surface area contributed by atoms with Crippen molar-refractivity contribution in [2.45, 2.75) is 13.2 Å². The van der Waals surface area contributed by atoms with Gasteiger partial charge in [0.05, 0.1) is 77.2 Å². The minimum atomic E-state index is -0.582. The van der Waals surface area contributed by atoms with Gasteiger partial charge in [-0.3, -0.25) is 19.3 Å². The van der Waals surface area contributed by atoms with Crippen LogP contribution in [0.1, 0.15) is 21.6 Å². The third-order valence-corrected chi connectivity index (χ3v) is 12.8. The van der Waals surface area contributed by atoms with Gasteiger partial charge in [-0.05, 0) is 63.6 Å². The van der Waals surface area contributed by atoms with Gasteiger partial charge in [0.25, 0.3) is 5.91 Å². The lowest BCUT2D eigenvalue weighted by atomic mass is 10.2. The molecule has 398 valence electrons. The Morgan fingerprint density at radius 3 is 1.78 bits per heavy atom. The molecule has 0 saturated carbocycles. The third-order valence-electron chi connectivity index (χ3n) is 12.8. The van der Waals surface area contributed by atoms with Crippen molar-refractivity contribution in [2.24, 2.45) is 5.73 Å². The summed E-state index contributed by atoms with van der Waals surface area (Å²) in [6.07, 6.45) is 7.57. The van der Waals surface area contributed by atoms with Gasteiger partial charge in [-0.2, -0.15) is 9.97 Å². The van der Waals surface area contributed by atoms with E-state index in [2.05, 4.69) is 49.2 Å². The van der Waals surface area contributed by atoms with Gasteiger partial charge in [0.15, 0.2) is 0 Å². The van der Waals surface area contributed by atoms with Crippen molar-refractivity contribution in [2.75, 3.05) is 107 Å². The van der Waals surface area contributed by atoms with Gasteiger partial charge in [0.2, 0.25) is 23.7 Å². The third kappa shape index (κ3) is 12.3. The van der Waals surface area contributed by atoms with Gasteiger partial charge < -0.3 is 65.4 Å². The smallest absolute Gasteiger partial charge is 0.250 e. The van der Waals surface area contributed by atoms with Crippen LogP contribution in [0.4, 0.5) is 46.0 Å². The first-order valence-electron chi connectivity index (χ1n) is 24.5. The first kappa shape index (κ1) is 54.0. The predicted octanol–water partition coefficient (Wildman–Crippen LogP) is 7.07. The number of benzene rings is 4. The van der Waals surface area contributed by atoms with Crippen LogP contribution in [0.3, 0.4) is 0 Å². The number of primary amides is 1. The maximum atomic E-state index is 12.9. The Morgan fingerprint density at radius 1 is 0.662 bits per heavy atom. The Balaban J connectivity index is 1.08. The van der Waals surface area contributed by atoms with E-state index in [9.17, 15) is 19.5 Å². The number of likely N-dealkylation sites (N-methyl/N-ethyl adjacent to an activating group) is 4. The molecule has 4 aromatic carbocycles. The summed E-state index contributed by atoms with van der Waals surface area (Å²) >= 11 is 0. The Bertz CT molecular complexity index is 3500. The Hall–Kier alpha value is -9.31. The molecule has 8 aromatic rings. The summed E-state index contributed by atoms with van der Waals surface area (Å²) in [5.41, 5.74) is 12.5. The summed E-state index contributed by atoms with van der Waals surface area (Å²) in [7, 11) is 12.9. The number of hydrogen-bond donors (Lipinski definition) is 6. The van der Waals surface area contributed by atoms with Crippen LogP contribution in [-0.2, 0) is 22.7 Å². The zero-order valence-corrected chi connectivity index (χ0v) is 44.2. The van der Waals surface area contributed by atoms with Crippen LogP contribution in [0.15, 0.2) is 129 Å². The second kappa shape index (κ2) is 23.9. The summed E-state index contributed by atoms with van der Waals surface area (Å²) in [5, 5.41) is 24.2. The van der Waals surface area contributed by atoms with Crippen molar-refractivity contribution in [1.29, 1.82) is 0 Å². The monoisotopic (exact) mass is 1040 g/mol. The number of carbonyl (C=O) groups excluding carboxylic acids is 3. The Morgan fingerprint density at radius 2 is 1.21 bits per heavy atom. The zero-order valence-electron chi connectivity index (χ0n) is 44.2. The number of fused-ring (bicyclic) bond motifs is 2. The summed E-state index contributed by atoms with van der Waals surface area (Å²) in [5.74, 6) is 1.07. The molecule has 0 bridgehead atoms. The molecular formula is C56H63N15O6. The molecule has 21 nitrogen and oxygen atoms in total. The molecule has 0 spiro atoms. The molecule has 21 heteroatoms. The number of methoxy groups -OCH3 is 2. The SMILES string of the molecule is C=CC(=O)Nc1cc(Nc2nc(CN(C)CCN(C)c3cc(OC)c(Nc4nccc(-n5cc(CO)c6ccccc65)n4)cc3NC(=O)C=C)cc(-n3cc(C(N)=O)c4ccccc43)n2)c(OC)cc1N(C)CCN(C)C. The highest BCUT2D eigenvalue weighted by molar-refractivity contribution is 6.07. The molecule has 0 fully saturated rings. The maximum Gasteiger partial charge on any atom is 0.250 e. The predicted molar refractivity (Wildman–Crippen MR) is 304 cm³/mol. The van der Waals surface area contributed by atoms with Gasteiger partial charge >= 0.3 is 0 Å². The summed E-state index contributed by atoms with van der Waals surface area (Å²) in [6.45, 7) is 9.96. The minimum absolute atomic E-state index is 0.127. The maximum absolute atomic E-state index is 12.9. The number of aromatic nitrogens is 6. The highest BCUT2D eigenvalue weighted by Gasteiger charge is 2.22. The van der Waals surface area contributed by atoms with E-state index in [4.69, 9.17) is 30.2 Å². The normalized spacial score (nSPS) is 11.2. The molecule has 0 aliphatic rings. The number of nitrogens with zero attached hydrogens (tertiary/aromatic N) is 10. The number of nitrogens with one attached hydrogen (secondary N) is 4. The van der Waals surface area contributed by atoms with E-state index in [-0.39, 0.29) is 24.4 Å². The van der Waals surface area contributed by atoms with Crippen LogP contribution >= 0.6 is 0 Å². The van der Waals surface area contributed by atoms with Gasteiger partial charge in [0.1, 0.15) is 23.1 Å². The number of carbonyl (C=O) groups is 3. The number of rotatable bonds is 24. The Labute approximate surface area is 446 Å². The van der Waals surface area contributed by atoms with E-state index in [0.717, 1.165) is 28.7 Å². The molecule has 3 amide bonds. The fraction of sp³-hybridized carbons (Fsp3) is 0.232. The summed E-state index contributed by atoms with van der Waals surface area (Å²) in [4.78, 5) is 65.9. The first-order valence-corrected chi connectivity index (χ1v) is 24.5. The molecule has 0 radical (unpaired) electrons. The average molecular weight is 1040 g/mol. The van der Waals surface area contributed by atoms with Crippen LogP contribution in [0.25, 0.3) is 33.4 Å². The lowest BCUT2D eigenvalue weighted by molar-refractivity contribution is -0.112. The summed E-state index contributed by atoms with van der Waals surface area (Å²) in [6, 6.07) is 26.0. The first-order chi connectivity index (χ1) is 37.1. The van der Waals surface area contributed by atoms with Gasteiger partial charge in [-0.15, -0.1) is 0 Å².